The standard InChI is InChI=1S/C43H29N/c1-44-40-23-9-8-17-33(40)39-27-30(24-25-41(39)44)29-14-10-15-31(26-29)42-35-18-4-6-20-37(35)43(38-21-7-5-19-36(38)42)34-22-11-13-28-12-2-3-16-32(28)34/h2-27H,1H3. The summed E-state index contributed by atoms with van der Waals surface area (Å²) in [5, 5.41) is 10.2. The van der Waals surface area contributed by atoms with E-state index < -0.39 is 0 Å². The first-order chi connectivity index (χ1) is 21.8. The van der Waals surface area contributed by atoms with Crippen molar-refractivity contribution in [3.63, 3.8) is 0 Å². The Labute approximate surface area is 256 Å². The molecule has 0 amide bonds. The normalized spacial score (nSPS) is 11.8. The van der Waals surface area contributed by atoms with Gasteiger partial charge in [-0.3, -0.25) is 0 Å². The maximum Gasteiger partial charge on any atom is 0.0489 e. The third-order valence-corrected chi connectivity index (χ3v) is 9.39. The lowest BCUT2D eigenvalue weighted by molar-refractivity contribution is 1.01. The lowest BCUT2D eigenvalue weighted by Crippen LogP contribution is -1.92. The molecule has 0 N–H and O–H groups in total. The molecule has 44 heavy (non-hydrogen) atoms. The zero-order valence-corrected chi connectivity index (χ0v) is 24.5. The van der Waals surface area contributed by atoms with Crippen molar-refractivity contribution in [1.82, 2.24) is 4.57 Å². The van der Waals surface area contributed by atoms with Gasteiger partial charge in [-0.2, -0.15) is 0 Å². The van der Waals surface area contributed by atoms with Crippen LogP contribution in [0.5, 0.6) is 0 Å². The smallest absolute Gasteiger partial charge is 0.0489 e. The Morgan fingerprint density at radius 3 is 1.61 bits per heavy atom. The van der Waals surface area contributed by atoms with Crippen molar-refractivity contribution in [3.8, 4) is 33.4 Å². The second kappa shape index (κ2) is 9.69. The Kier molecular flexibility index (Phi) is 5.48. The number of aromatic nitrogens is 1. The molecule has 0 saturated heterocycles. The fourth-order valence-corrected chi connectivity index (χ4v) is 7.37. The summed E-state index contributed by atoms with van der Waals surface area (Å²) in [6.45, 7) is 0. The number of hydrogen-bond acceptors (Lipinski definition) is 0. The summed E-state index contributed by atoms with van der Waals surface area (Å²) < 4.78 is 2.29. The third-order valence-electron chi connectivity index (χ3n) is 9.39. The molecule has 1 nitrogen and oxygen atoms in total. The van der Waals surface area contributed by atoms with Gasteiger partial charge in [0.15, 0.2) is 0 Å². The molecule has 0 fully saturated rings. The number of rotatable bonds is 3. The molecule has 9 aromatic rings. The van der Waals surface area contributed by atoms with Crippen molar-refractivity contribution in [2.45, 2.75) is 0 Å². The summed E-state index contributed by atoms with van der Waals surface area (Å²) >= 11 is 0. The minimum absolute atomic E-state index is 1.23. The minimum Gasteiger partial charge on any atom is -0.344 e. The van der Waals surface area contributed by atoms with Gasteiger partial charge in [-0.1, -0.05) is 133 Å². The predicted octanol–water partition coefficient (Wildman–Crippen LogP) is 11.8. The number of benzene rings is 8. The fraction of sp³-hybridized carbons (Fsp3) is 0.0233. The molecule has 206 valence electrons. The van der Waals surface area contributed by atoms with E-state index in [9.17, 15) is 0 Å². The lowest BCUT2D eigenvalue weighted by atomic mass is 9.84. The first-order valence-electron chi connectivity index (χ1n) is 15.3. The van der Waals surface area contributed by atoms with Gasteiger partial charge in [-0.15, -0.1) is 0 Å². The summed E-state index contributed by atoms with van der Waals surface area (Å²) in [4.78, 5) is 0. The van der Waals surface area contributed by atoms with E-state index in [0.29, 0.717) is 0 Å². The Bertz CT molecular complexity index is 2500. The maximum absolute atomic E-state index is 2.37. The van der Waals surface area contributed by atoms with Gasteiger partial charge in [0.1, 0.15) is 0 Å². The molecule has 0 aliphatic rings. The van der Waals surface area contributed by atoms with Crippen molar-refractivity contribution in [3.05, 3.63) is 158 Å². The molecular formula is C43H29N. The van der Waals surface area contributed by atoms with Crippen LogP contribution < -0.4 is 0 Å². The number of aryl methyl sites for hydroxylation is 1. The highest BCUT2D eigenvalue weighted by molar-refractivity contribution is 6.23. The minimum atomic E-state index is 1.23. The average Bonchev–Trinajstić information content (AvgIpc) is 3.38. The molecule has 0 radical (unpaired) electrons. The van der Waals surface area contributed by atoms with Crippen LogP contribution in [-0.4, -0.2) is 4.57 Å². The SMILES string of the molecule is Cn1c2ccccc2c2cc(-c3cccc(-c4c5ccccc5c(-c5cccc6ccccc56)c5ccccc45)c3)ccc21. The van der Waals surface area contributed by atoms with Crippen molar-refractivity contribution in [2.24, 2.45) is 7.05 Å². The van der Waals surface area contributed by atoms with Gasteiger partial charge in [0, 0.05) is 28.9 Å². The number of hydrogen-bond donors (Lipinski definition) is 0. The van der Waals surface area contributed by atoms with Crippen LogP contribution in [0.1, 0.15) is 0 Å². The second-order valence-electron chi connectivity index (χ2n) is 11.8. The molecule has 1 aromatic heterocycles. The van der Waals surface area contributed by atoms with Gasteiger partial charge >= 0.3 is 0 Å². The van der Waals surface area contributed by atoms with Crippen LogP contribution in [0.3, 0.4) is 0 Å². The molecular weight excluding hydrogens is 530 g/mol. The summed E-state index contributed by atoms with van der Waals surface area (Å²) in [5.74, 6) is 0. The quantitative estimate of drug-likeness (QED) is 0.190. The van der Waals surface area contributed by atoms with E-state index in [0.717, 1.165) is 0 Å². The summed E-state index contributed by atoms with van der Waals surface area (Å²) in [5.41, 5.74) is 10.1. The van der Waals surface area contributed by atoms with E-state index in [1.165, 1.54) is 87.5 Å². The van der Waals surface area contributed by atoms with Gasteiger partial charge < -0.3 is 4.57 Å². The molecule has 1 heteroatoms. The second-order valence-corrected chi connectivity index (χ2v) is 11.8. The van der Waals surface area contributed by atoms with E-state index in [2.05, 4.69) is 169 Å². The molecule has 0 spiro atoms. The van der Waals surface area contributed by atoms with E-state index in [1.54, 1.807) is 0 Å². The summed E-state index contributed by atoms with van der Waals surface area (Å²) in [6.07, 6.45) is 0. The highest BCUT2D eigenvalue weighted by atomic mass is 14.9. The largest absolute Gasteiger partial charge is 0.344 e. The van der Waals surface area contributed by atoms with Crippen molar-refractivity contribution in [2.75, 3.05) is 0 Å². The van der Waals surface area contributed by atoms with Gasteiger partial charge in [0.05, 0.1) is 0 Å². The van der Waals surface area contributed by atoms with Crippen LogP contribution in [0.2, 0.25) is 0 Å². The molecule has 0 bridgehead atoms. The maximum atomic E-state index is 2.37. The van der Waals surface area contributed by atoms with Crippen LogP contribution in [0, 0.1) is 0 Å². The molecule has 0 atom stereocenters. The van der Waals surface area contributed by atoms with Crippen LogP contribution in [0.25, 0.3) is 87.5 Å². The van der Waals surface area contributed by atoms with E-state index in [-0.39, 0.29) is 0 Å². The molecule has 8 aromatic carbocycles. The highest BCUT2D eigenvalue weighted by Gasteiger charge is 2.18. The monoisotopic (exact) mass is 559 g/mol. The predicted molar refractivity (Wildman–Crippen MR) is 189 cm³/mol. The van der Waals surface area contributed by atoms with Crippen molar-refractivity contribution < 1.29 is 0 Å². The zero-order chi connectivity index (χ0) is 29.2. The summed E-state index contributed by atoms with van der Waals surface area (Å²) in [7, 11) is 2.16. The Morgan fingerprint density at radius 2 is 0.864 bits per heavy atom. The molecule has 0 aliphatic heterocycles. The van der Waals surface area contributed by atoms with Gasteiger partial charge in [0.25, 0.3) is 0 Å². The number of fused-ring (bicyclic) bond motifs is 6. The Balaban J connectivity index is 1.30. The van der Waals surface area contributed by atoms with Gasteiger partial charge in [-0.05, 0) is 90.0 Å². The van der Waals surface area contributed by atoms with Crippen LogP contribution >= 0.6 is 0 Å². The molecule has 1 heterocycles. The van der Waals surface area contributed by atoms with E-state index in [4.69, 9.17) is 0 Å². The first-order valence-corrected chi connectivity index (χ1v) is 15.3. The van der Waals surface area contributed by atoms with Crippen molar-refractivity contribution >= 4 is 54.1 Å². The molecule has 9 rings (SSSR count). The topological polar surface area (TPSA) is 4.93 Å². The molecule has 0 unspecified atom stereocenters. The molecule has 0 aliphatic carbocycles. The Morgan fingerprint density at radius 1 is 0.341 bits per heavy atom. The lowest BCUT2D eigenvalue weighted by Gasteiger charge is -2.19. The fourth-order valence-electron chi connectivity index (χ4n) is 7.37. The van der Waals surface area contributed by atoms with Gasteiger partial charge in [-0.25, -0.2) is 0 Å². The Hall–Kier alpha value is -5.66. The van der Waals surface area contributed by atoms with E-state index >= 15 is 0 Å². The van der Waals surface area contributed by atoms with E-state index in [1.807, 2.05) is 0 Å². The van der Waals surface area contributed by atoms with Crippen molar-refractivity contribution in [1.29, 1.82) is 0 Å². The highest BCUT2D eigenvalue weighted by Crippen LogP contribution is 2.45. The third kappa shape index (κ3) is 3.66. The molecule has 0 saturated carbocycles. The average molecular weight is 560 g/mol. The van der Waals surface area contributed by atoms with Crippen LogP contribution in [0.15, 0.2) is 158 Å². The number of nitrogens with zero attached hydrogens (tertiary/aromatic N) is 1. The first kappa shape index (κ1) is 24.9. The van der Waals surface area contributed by atoms with Crippen LogP contribution in [0.4, 0.5) is 0 Å². The number of para-hydroxylation sites is 1. The van der Waals surface area contributed by atoms with Crippen LogP contribution in [-0.2, 0) is 7.05 Å². The summed E-state index contributed by atoms with van der Waals surface area (Å²) in [6, 6.07) is 57.9. The van der Waals surface area contributed by atoms with Gasteiger partial charge in [0.2, 0.25) is 0 Å². The zero-order valence-electron chi connectivity index (χ0n) is 24.5.